The Hall–Kier alpha value is -0.876. The third kappa shape index (κ3) is 8.31. The maximum Gasteiger partial charge on any atom is 0.193 e. The van der Waals surface area contributed by atoms with E-state index in [1.54, 1.807) is 0 Å². The first-order valence-corrected chi connectivity index (χ1v) is 20.3. The van der Waals surface area contributed by atoms with Crippen LogP contribution in [0.5, 0.6) is 0 Å². The molecule has 6 heteroatoms. The molecule has 0 amide bonds. The summed E-state index contributed by atoms with van der Waals surface area (Å²) in [6.45, 7) is 16.0. The van der Waals surface area contributed by atoms with E-state index >= 15 is 0 Å². The first kappa shape index (κ1) is 31.3. The van der Waals surface area contributed by atoms with Gasteiger partial charge in [0.2, 0.25) is 0 Å². The number of aromatic amines is 1. The lowest BCUT2D eigenvalue weighted by atomic mass is 9.79. The summed E-state index contributed by atoms with van der Waals surface area (Å²) in [5.74, 6) is 0.455. The Balaban J connectivity index is 2.45. The summed E-state index contributed by atoms with van der Waals surface area (Å²) in [4.78, 5) is 3.77. The van der Waals surface area contributed by atoms with Crippen molar-refractivity contribution in [3.8, 4) is 6.07 Å². The largest absolute Gasteiger partial charge is 0.414 e. The molecule has 1 aromatic rings. The van der Waals surface area contributed by atoms with Gasteiger partial charge in [0, 0.05) is 23.4 Å². The number of nitrogens with zero attached hydrogens (tertiary/aromatic N) is 1. The van der Waals surface area contributed by atoms with E-state index in [9.17, 15) is 5.26 Å². The van der Waals surface area contributed by atoms with E-state index < -0.39 is 22.7 Å². The fourth-order valence-electron chi connectivity index (χ4n) is 6.51. The molecule has 1 aromatic heterocycles. The zero-order chi connectivity index (χ0) is 26.6. The predicted octanol–water partition coefficient (Wildman–Crippen LogP) is 9.33. The van der Waals surface area contributed by atoms with Gasteiger partial charge in [-0.15, -0.1) is 0 Å². The highest BCUT2D eigenvalue weighted by Crippen LogP contribution is 2.40. The maximum absolute atomic E-state index is 10.5. The molecule has 1 aliphatic rings. The Morgan fingerprint density at radius 3 is 2.00 bits per heavy atom. The summed E-state index contributed by atoms with van der Waals surface area (Å²) in [5.41, 5.74) is 2.53. The van der Waals surface area contributed by atoms with Gasteiger partial charge < -0.3 is 13.8 Å². The number of nitriles is 1. The average Bonchev–Trinajstić information content (AvgIpc) is 3.37. The number of fused-ring (bicyclic) bond motifs is 2. The highest BCUT2D eigenvalue weighted by Gasteiger charge is 2.40. The zero-order valence-corrected chi connectivity index (χ0v) is 26.6. The van der Waals surface area contributed by atoms with Gasteiger partial charge in [-0.1, -0.05) is 67.2 Å². The fourth-order valence-corrected chi connectivity index (χ4v) is 12.2. The van der Waals surface area contributed by atoms with Crippen LogP contribution in [0.25, 0.3) is 0 Å². The Labute approximate surface area is 225 Å². The Morgan fingerprint density at radius 2 is 1.42 bits per heavy atom. The number of aromatic nitrogens is 1. The van der Waals surface area contributed by atoms with Crippen LogP contribution in [0.2, 0.25) is 36.3 Å². The number of nitrogens with one attached hydrogen (secondary N) is 1. The minimum Gasteiger partial charge on any atom is -0.414 e. The van der Waals surface area contributed by atoms with Crippen LogP contribution >= 0.6 is 0 Å². The third-order valence-corrected chi connectivity index (χ3v) is 18.8. The number of aryl methyl sites for hydroxylation is 1. The Bertz CT molecular complexity index is 766. The van der Waals surface area contributed by atoms with Crippen LogP contribution in [0.15, 0.2) is 12.1 Å². The molecule has 206 valence electrons. The molecule has 2 bridgehead atoms. The van der Waals surface area contributed by atoms with E-state index in [-0.39, 0.29) is 12.0 Å². The highest BCUT2D eigenvalue weighted by molar-refractivity contribution is 6.74. The van der Waals surface area contributed by atoms with Crippen molar-refractivity contribution in [2.24, 2.45) is 5.92 Å². The van der Waals surface area contributed by atoms with Crippen molar-refractivity contribution < 1.29 is 8.85 Å². The molecule has 2 rings (SSSR count). The summed E-state index contributed by atoms with van der Waals surface area (Å²) >= 11 is 0. The van der Waals surface area contributed by atoms with Gasteiger partial charge in [0.05, 0.1) is 6.07 Å². The van der Waals surface area contributed by atoms with Gasteiger partial charge in [-0.3, -0.25) is 0 Å². The van der Waals surface area contributed by atoms with Crippen molar-refractivity contribution in [3.63, 3.8) is 0 Å². The van der Waals surface area contributed by atoms with Gasteiger partial charge in [-0.2, -0.15) is 5.26 Å². The summed E-state index contributed by atoms with van der Waals surface area (Å²) < 4.78 is 13.9. The van der Waals surface area contributed by atoms with Crippen LogP contribution in [0, 0.1) is 17.2 Å². The molecular formula is C30H56N2O2Si2. The molecule has 0 aliphatic carbocycles. The average molecular weight is 533 g/mol. The molecule has 1 N–H and O–H groups in total. The van der Waals surface area contributed by atoms with Crippen LogP contribution in [0.1, 0.15) is 111 Å². The second kappa shape index (κ2) is 15.5. The van der Waals surface area contributed by atoms with Crippen LogP contribution < -0.4 is 0 Å². The predicted molar refractivity (Wildman–Crippen MR) is 158 cm³/mol. The second-order valence-electron chi connectivity index (χ2n) is 11.4. The minimum absolute atomic E-state index is 0.0756. The maximum atomic E-state index is 10.5. The minimum atomic E-state index is -1.93. The molecule has 0 spiro atoms. The van der Waals surface area contributed by atoms with Gasteiger partial charge in [0.1, 0.15) is 6.10 Å². The van der Waals surface area contributed by atoms with E-state index in [0.717, 1.165) is 37.4 Å². The first-order valence-electron chi connectivity index (χ1n) is 15.3. The highest BCUT2D eigenvalue weighted by atomic mass is 28.4. The molecule has 0 saturated carbocycles. The normalized spacial score (nSPS) is 21.7. The van der Waals surface area contributed by atoms with E-state index in [1.807, 2.05) is 0 Å². The molecule has 36 heavy (non-hydrogen) atoms. The van der Waals surface area contributed by atoms with Crippen molar-refractivity contribution >= 4 is 16.6 Å². The van der Waals surface area contributed by atoms with Crippen LogP contribution in [-0.2, 0) is 15.3 Å². The lowest BCUT2D eigenvalue weighted by molar-refractivity contribution is 0.118. The van der Waals surface area contributed by atoms with Crippen LogP contribution in [0.4, 0.5) is 0 Å². The first-order chi connectivity index (χ1) is 17.3. The molecule has 1 unspecified atom stereocenters. The van der Waals surface area contributed by atoms with Crippen molar-refractivity contribution in [2.75, 3.05) is 0 Å². The molecule has 0 radical (unpaired) electrons. The molecule has 0 aromatic carbocycles. The van der Waals surface area contributed by atoms with Crippen molar-refractivity contribution in [2.45, 2.75) is 154 Å². The molecule has 4 atom stereocenters. The molecule has 0 saturated heterocycles. The third-order valence-electron chi connectivity index (χ3n) is 9.44. The van der Waals surface area contributed by atoms with E-state index in [0.29, 0.717) is 5.92 Å². The lowest BCUT2D eigenvalue weighted by Gasteiger charge is -2.39. The molecular weight excluding hydrogens is 477 g/mol. The molecule has 4 nitrogen and oxygen atoms in total. The smallest absolute Gasteiger partial charge is 0.193 e. The van der Waals surface area contributed by atoms with Gasteiger partial charge in [0.25, 0.3) is 0 Å². The van der Waals surface area contributed by atoms with Crippen LogP contribution in [0.3, 0.4) is 0 Å². The second-order valence-corrected chi connectivity index (χ2v) is 20.8. The number of hydrogen-bond donors (Lipinski definition) is 1. The topological polar surface area (TPSA) is 58.0 Å². The lowest BCUT2D eigenvalue weighted by Crippen LogP contribution is -2.44. The monoisotopic (exact) mass is 532 g/mol. The summed E-state index contributed by atoms with van der Waals surface area (Å²) in [6.07, 6.45) is 9.46. The summed E-state index contributed by atoms with van der Waals surface area (Å²) in [6, 6.07) is 14.0. The van der Waals surface area contributed by atoms with Crippen molar-refractivity contribution in [1.82, 2.24) is 4.98 Å². The van der Waals surface area contributed by atoms with Crippen molar-refractivity contribution in [1.29, 1.82) is 5.26 Å². The fraction of sp³-hybridized carbons (Fsp3) is 0.833. The number of rotatable bonds is 13. The Morgan fingerprint density at radius 1 is 0.861 bits per heavy atom. The van der Waals surface area contributed by atoms with E-state index in [1.165, 1.54) is 61.6 Å². The van der Waals surface area contributed by atoms with E-state index in [2.05, 4.69) is 71.7 Å². The van der Waals surface area contributed by atoms with Gasteiger partial charge in [-0.25, -0.2) is 0 Å². The Kier molecular flexibility index (Phi) is 13.5. The van der Waals surface area contributed by atoms with Gasteiger partial charge in [-0.05, 0) is 86.9 Å². The van der Waals surface area contributed by atoms with Gasteiger partial charge >= 0.3 is 0 Å². The summed E-state index contributed by atoms with van der Waals surface area (Å²) in [5, 5.41) is 10.5. The summed E-state index contributed by atoms with van der Waals surface area (Å²) in [7, 11) is -3.61. The van der Waals surface area contributed by atoms with E-state index in [4.69, 9.17) is 8.85 Å². The van der Waals surface area contributed by atoms with Crippen molar-refractivity contribution in [3.05, 3.63) is 23.5 Å². The quantitative estimate of drug-likeness (QED) is 0.257. The number of H-pyrrole nitrogens is 1. The molecule has 1 aliphatic heterocycles. The van der Waals surface area contributed by atoms with Crippen LogP contribution in [-0.4, -0.2) is 33.8 Å². The van der Waals surface area contributed by atoms with Gasteiger partial charge in [0.15, 0.2) is 16.6 Å². The molecule has 0 fully saturated rings. The SMILES string of the molecule is CC[Si](CC)(CC)OC(C#N)[C@@H]1c2ccc([nH]2)CCCCCCC[C@H]1C[C@H](C)O[Si](CC)(CC)CC. The standard InChI is InChI=1S/C30H56N2O2Si2/c1-8-35(9-2,10-3)33-25(7)23-26-19-17-15-14-16-18-20-27-21-22-28(32-27)30(26)29(24-31)34-36(11-4,12-5)13-6/h21-22,25-26,29-30,32H,8-20,23H2,1-7H3/t25-,26-,29?,30-/m0/s1. The zero-order valence-electron chi connectivity index (χ0n) is 24.6. The molecule has 2 heterocycles. The number of hydrogen-bond acceptors (Lipinski definition) is 3.